The topological polar surface area (TPSA) is 138 Å². The van der Waals surface area contributed by atoms with Gasteiger partial charge >= 0.3 is 0 Å². The lowest BCUT2D eigenvalue weighted by Crippen LogP contribution is -2.06. The molecule has 0 radical (unpaired) electrons. The van der Waals surface area contributed by atoms with Crippen molar-refractivity contribution in [1.82, 2.24) is 30.1 Å². The minimum Gasteiger partial charge on any atom is -0.497 e. The quantitative estimate of drug-likeness (QED) is 0.436. The Labute approximate surface area is 170 Å². The highest BCUT2D eigenvalue weighted by Gasteiger charge is 2.11. The molecule has 0 fully saturated rings. The Morgan fingerprint density at radius 3 is 2.59 bits per heavy atom. The van der Waals surface area contributed by atoms with Gasteiger partial charge < -0.3 is 20.2 Å². The zero-order chi connectivity index (χ0) is 20.1. The zero-order valence-corrected chi connectivity index (χ0v) is 16.1. The predicted molar refractivity (Wildman–Crippen MR) is 108 cm³/mol. The summed E-state index contributed by atoms with van der Waals surface area (Å²) >= 11 is 1.31. The molecule has 0 aliphatic rings. The maximum absolute atomic E-state index is 5.82. The van der Waals surface area contributed by atoms with Crippen LogP contribution in [0.25, 0.3) is 11.5 Å². The minimum absolute atomic E-state index is 0.120. The van der Waals surface area contributed by atoms with E-state index in [1.54, 1.807) is 31.6 Å². The summed E-state index contributed by atoms with van der Waals surface area (Å²) in [5.74, 6) is 2.53. The first-order valence-electron chi connectivity index (χ1n) is 8.48. The Morgan fingerprint density at radius 1 is 1.03 bits per heavy atom. The molecule has 0 spiro atoms. The van der Waals surface area contributed by atoms with Gasteiger partial charge in [-0.2, -0.15) is 15.0 Å². The van der Waals surface area contributed by atoms with Crippen molar-refractivity contribution in [1.29, 1.82) is 0 Å². The van der Waals surface area contributed by atoms with Gasteiger partial charge in [0.2, 0.25) is 17.8 Å². The van der Waals surface area contributed by atoms with Crippen LogP contribution in [0.4, 0.5) is 17.6 Å². The Balaban J connectivity index is 1.43. The fourth-order valence-electron chi connectivity index (χ4n) is 2.37. The molecule has 10 nitrogen and oxygen atoms in total. The Hall–Kier alpha value is -3.73. The predicted octanol–water partition coefficient (Wildman–Crippen LogP) is 2.94. The molecule has 0 amide bonds. The third kappa shape index (κ3) is 4.76. The molecule has 4 rings (SSSR count). The summed E-state index contributed by atoms with van der Waals surface area (Å²) in [4.78, 5) is 16.6. The molecule has 4 aromatic rings. The maximum atomic E-state index is 5.82. The van der Waals surface area contributed by atoms with E-state index in [4.69, 9.17) is 14.9 Å². The lowest BCUT2D eigenvalue weighted by atomic mass is 10.3. The fourth-order valence-corrected chi connectivity index (χ4v) is 2.99. The Bertz CT molecular complexity index is 1090. The van der Waals surface area contributed by atoms with Gasteiger partial charge in [-0.1, -0.05) is 11.8 Å². The molecule has 0 aliphatic heterocycles. The standard InChI is InChI=1S/C18H16N8O2S/c1-27-13-4-2-12(3-5-13)21-17-23-14(22-16(19)24-17)10-29-18-26-25-15(28-18)11-6-8-20-9-7-11/h2-9H,10H2,1H3,(H3,19,21,22,23,24). The highest BCUT2D eigenvalue weighted by atomic mass is 32.2. The number of nitrogen functional groups attached to an aromatic ring is 1. The summed E-state index contributed by atoms with van der Waals surface area (Å²) in [6.45, 7) is 0. The first kappa shape index (κ1) is 18.6. The molecular formula is C18H16N8O2S. The van der Waals surface area contributed by atoms with Crippen molar-refractivity contribution >= 4 is 29.3 Å². The molecule has 11 heteroatoms. The molecule has 0 atom stereocenters. The van der Waals surface area contributed by atoms with Crippen molar-refractivity contribution in [2.75, 3.05) is 18.2 Å². The van der Waals surface area contributed by atoms with Crippen LogP contribution in [0, 0.1) is 0 Å². The normalized spacial score (nSPS) is 10.7. The average Bonchev–Trinajstić information content (AvgIpc) is 3.22. The number of aromatic nitrogens is 6. The third-order valence-electron chi connectivity index (χ3n) is 3.70. The number of benzene rings is 1. The fraction of sp³-hybridized carbons (Fsp3) is 0.111. The van der Waals surface area contributed by atoms with Crippen LogP contribution in [-0.4, -0.2) is 37.2 Å². The van der Waals surface area contributed by atoms with E-state index in [1.165, 1.54) is 11.8 Å². The number of thioether (sulfide) groups is 1. The number of methoxy groups -OCH3 is 1. The van der Waals surface area contributed by atoms with E-state index in [2.05, 4.69) is 35.5 Å². The average molecular weight is 408 g/mol. The van der Waals surface area contributed by atoms with Crippen LogP contribution >= 0.6 is 11.8 Å². The lowest BCUT2D eigenvalue weighted by molar-refractivity contribution is 0.415. The monoisotopic (exact) mass is 408 g/mol. The van der Waals surface area contributed by atoms with E-state index < -0.39 is 0 Å². The molecule has 146 valence electrons. The van der Waals surface area contributed by atoms with E-state index in [1.807, 2.05) is 24.3 Å². The minimum atomic E-state index is 0.120. The van der Waals surface area contributed by atoms with E-state index in [9.17, 15) is 0 Å². The molecule has 3 heterocycles. The second-order valence-electron chi connectivity index (χ2n) is 5.68. The number of pyridine rings is 1. The number of nitrogens with zero attached hydrogens (tertiary/aromatic N) is 6. The van der Waals surface area contributed by atoms with Gasteiger partial charge in [0.15, 0.2) is 0 Å². The Morgan fingerprint density at radius 2 is 1.83 bits per heavy atom. The zero-order valence-electron chi connectivity index (χ0n) is 15.3. The smallest absolute Gasteiger partial charge is 0.277 e. The summed E-state index contributed by atoms with van der Waals surface area (Å²) in [5.41, 5.74) is 7.42. The van der Waals surface area contributed by atoms with Gasteiger partial charge in [0, 0.05) is 23.6 Å². The van der Waals surface area contributed by atoms with Gasteiger partial charge in [-0.3, -0.25) is 4.98 Å². The van der Waals surface area contributed by atoms with E-state index in [0.717, 1.165) is 17.0 Å². The molecule has 1 aromatic carbocycles. The van der Waals surface area contributed by atoms with E-state index in [0.29, 0.717) is 28.6 Å². The van der Waals surface area contributed by atoms with Crippen molar-refractivity contribution in [2.24, 2.45) is 0 Å². The van der Waals surface area contributed by atoms with Gasteiger partial charge in [0.25, 0.3) is 5.22 Å². The van der Waals surface area contributed by atoms with Gasteiger partial charge in [-0.25, -0.2) is 0 Å². The summed E-state index contributed by atoms with van der Waals surface area (Å²) in [7, 11) is 1.61. The number of ether oxygens (including phenoxy) is 1. The van der Waals surface area contributed by atoms with Crippen molar-refractivity contribution in [2.45, 2.75) is 11.0 Å². The molecule has 3 N–H and O–H groups in total. The van der Waals surface area contributed by atoms with Crippen molar-refractivity contribution in [3.63, 3.8) is 0 Å². The number of nitrogens with two attached hydrogens (primary N) is 1. The molecule has 0 bridgehead atoms. The molecular weight excluding hydrogens is 392 g/mol. The van der Waals surface area contributed by atoms with E-state index >= 15 is 0 Å². The number of hydrogen-bond donors (Lipinski definition) is 2. The molecule has 0 saturated carbocycles. The molecule has 0 aliphatic carbocycles. The van der Waals surface area contributed by atoms with Crippen molar-refractivity contribution < 1.29 is 9.15 Å². The van der Waals surface area contributed by atoms with Crippen LogP contribution in [0.3, 0.4) is 0 Å². The van der Waals surface area contributed by atoms with Crippen LogP contribution in [0.5, 0.6) is 5.75 Å². The second-order valence-corrected chi connectivity index (χ2v) is 6.61. The van der Waals surface area contributed by atoms with Gasteiger partial charge in [-0.15, -0.1) is 10.2 Å². The largest absolute Gasteiger partial charge is 0.497 e. The Kier molecular flexibility index (Phi) is 5.47. The first-order valence-corrected chi connectivity index (χ1v) is 9.46. The second kappa shape index (κ2) is 8.52. The van der Waals surface area contributed by atoms with Crippen LogP contribution in [-0.2, 0) is 5.75 Å². The summed E-state index contributed by atoms with van der Waals surface area (Å²) in [5, 5.41) is 11.6. The van der Waals surface area contributed by atoms with Crippen LogP contribution in [0.1, 0.15) is 5.82 Å². The van der Waals surface area contributed by atoms with Crippen LogP contribution in [0.15, 0.2) is 58.4 Å². The molecule has 29 heavy (non-hydrogen) atoms. The third-order valence-corrected chi connectivity index (χ3v) is 4.52. The summed E-state index contributed by atoms with van der Waals surface area (Å²) < 4.78 is 10.8. The van der Waals surface area contributed by atoms with Crippen molar-refractivity contribution in [3.05, 3.63) is 54.6 Å². The molecule has 0 saturated heterocycles. The van der Waals surface area contributed by atoms with Crippen LogP contribution in [0.2, 0.25) is 0 Å². The van der Waals surface area contributed by atoms with Crippen LogP contribution < -0.4 is 15.8 Å². The lowest BCUT2D eigenvalue weighted by Gasteiger charge is -2.07. The summed E-state index contributed by atoms with van der Waals surface area (Å²) in [6, 6.07) is 11.0. The molecule has 0 unspecified atom stereocenters. The highest BCUT2D eigenvalue weighted by molar-refractivity contribution is 7.98. The number of anilines is 3. The van der Waals surface area contributed by atoms with Gasteiger partial charge in [-0.05, 0) is 36.4 Å². The van der Waals surface area contributed by atoms with Gasteiger partial charge in [0.1, 0.15) is 11.6 Å². The van der Waals surface area contributed by atoms with E-state index in [-0.39, 0.29) is 5.95 Å². The number of hydrogen-bond acceptors (Lipinski definition) is 11. The maximum Gasteiger partial charge on any atom is 0.277 e. The number of nitrogens with one attached hydrogen (secondary N) is 1. The first-order chi connectivity index (χ1) is 14.2. The number of rotatable bonds is 7. The van der Waals surface area contributed by atoms with Crippen molar-refractivity contribution in [3.8, 4) is 17.2 Å². The highest BCUT2D eigenvalue weighted by Crippen LogP contribution is 2.25. The SMILES string of the molecule is COc1ccc(Nc2nc(N)nc(CSc3nnc(-c4ccncc4)o3)n2)cc1. The van der Waals surface area contributed by atoms with Gasteiger partial charge in [0.05, 0.1) is 12.9 Å². The molecule has 3 aromatic heterocycles. The summed E-state index contributed by atoms with van der Waals surface area (Å²) in [6.07, 6.45) is 3.33.